The Morgan fingerprint density at radius 3 is 2.67 bits per heavy atom. The zero-order chi connectivity index (χ0) is 21.5. The lowest BCUT2D eigenvalue weighted by atomic mass is 10.1. The summed E-state index contributed by atoms with van der Waals surface area (Å²) in [6.45, 7) is 3.52. The number of nitrogens with zero attached hydrogens (tertiary/aromatic N) is 6. The van der Waals surface area contributed by atoms with Crippen molar-refractivity contribution >= 4 is 23.8 Å². The molecule has 30 heavy (non-hydrogen) atoms. The van der Waals surface area contributed by atoms with Crippen LogP contribution in [-0.4, -0.2) is 65.0 Å². The van der Waals surface area contributed by atoms with Crippen LogP contribution in [0.2, 0.25) is 0 Å². The topological polar surface area (TPSA) is 120 Å². The van der Waals surface area contributed by atoms with Crippen molar-refractivity contribution in [2.45, 2.75) is 19.1 Å². The van der Waals surface area contributed by atoms with Crippen molar-refractivity contribution in [3.8, 4) is 11.3 Å². The molecular weight excluding hydrogens is 407 g/mol. The number of ether oxygens (including phenoxy) is 2. The van der Waals surface area contributed by atoms with Crippen molar-refractivity contribution in [1.29, 1.82) is 0 Å². The van der Waals surface area contributed by atoms with E-state index in [4.69, 9.17) is 15.2 Å². The molecule has 0 unspecified atom stereocenters. The van der Waals surface area contributed by atoms with Gasteiger partial charge in [0.2, 0.25) is 11.9 Å². The maximum Gasteiger partial charge on any atom is 0.434 e. The maximum absolute atomic E-state index is 13.6. The van der Waals surface area contributed by atoms with Gasteiger partial charge in [-0.3, -0.25) is 4.90 Å². The van der Waals surface area contributed by atoms with Crippen LogP contribution in [0.3, 0.4) is 0 Å². The molecule has 160 valence electrons. The van der Waals surface area contributed by atoms with Crippen molar-refractivity contribution in [2.75, 3.05) is 48.4 Å². The van der Waals surface area contributed by atoms with E-state index in [1.807, 2.05) is 11.8 Å². The number of amides is 1. The molecule has 2 aromatic rings. The van der Waals surface area contributed by atoms with E-state index in [0.29, 0.717) is 19.8 Å². The van der Waals surface area contributed by atoms with E-state index in [2.05, 4.69) is 19.9 Å². The largest absolute Gasteiger partial charge is 0.447 e. The molecule has 1 atom stereocenters. The standard InChI is InChI=1S/C17H18F3N7O3/c1-9-8-29-4-2-26(9)15-23-11(6-12(24-15)27-3-5-30-16(27)28)10-7-22-14(21)25-13(10)17(18,19)20/h6-7,9H,2-5,8H2,1H3,(H2,21,22,25)/t9-/m0/s1. The fraction of sp³-hybridized carbons (Fsp3) is 0.471. The number of halogens is 3. The predicted octanol–water partition coefficient (Wildman–Crippen LogP) is 1.72. The van der Waals surface area contributed by atoms with Gasteiger partial charge in [0, 0.05) is 24.4 Å². The second kappa shape index (κ2) is 7.55. The third-order valence-electron chi connectivity index (χ3n) is 4.71. The van der Waals surface area contributed by atoms with Crippen molar-refractivity contribution in [1.82, 2.24) is 19.9 Å². The van der Waals surface area contributed by atoms with Crippen LogP contribution in [0.4, 0.5) is 35.7 Å². The van der Waals surface area contributed by atoms with E-state index in [1.54, 1.807) is 0 Å². The van der Waals surface area contributed by atoms with Crippen molar-refractivity contribution in [3.63, 3.8) is 0 Å². The fourth-order valence-electron chi connectivity index (χ4n) is 3.25. The van der Waals surface area contributed by atoms with Gasteiger partial charge in [0.25, 0.3) is 0 Å². The molecule has 0 aliphatic carbocycles. The smallest absolute Gasteiger partial charge is 0.434 e. The number of carbonyl (C=O) groups excluding carboxylic acids is 1. The van der Waals surface area contributed by atoms with Crippen LogP contribution in [0.25, 0.3) is 11.3 Å². The summed E-state index contributed by atoms with van der Waals surface area (Å²) in [5.74, 6) is -0.213. The molecule has 2 N–H and O–H groups in total. The van der Waals surface area contributed by atoms with Gasteiger partial charge in [-0.15, -0.1) is 0 Å². The van der Waals surface area contributed by atoms with Crippen LogP contribution in [0.1, 0.15) is 12.6 Å². The molecular formula is C17H18F3N7O3. The highest BCUT2D eigenvalue weighted by molar-refractivity contribution is 5.89. The van der Waals surface area contributed by atoms with Crippen LogP contribution in [0, 0.1) is 0 Å². The third kappa shape index (κ3) is 3.79. The monoisotopic (exact) mass is 425 g/mol. The van der Waals surface area contributed by atoms with Gasteiger partial charge >= 0.3 is 12.3 Å². The Balaban J connectivity index is 1.87. The molecule has 2 aliphatic heterocycles. The number of anilines is 3. The second-order valence-electron chi connectivity index (χ2n) is 6.78. The summed E-state index contributed by atoms with van der Waals surface area (Å²) in [7, 11) is 0. The number of cyclic esters (lactones) is 1. The molecule has 0 bridgehead atoms. The summed E-state index contributed by atoms with van der Waals surface area (Å²) in [4.78, 5) is 30.9. The van der Waals surface area contributed by atoms with Crippen LogP contribution in [0.15, 0.2) is 12.3 Å². The van der Waals surface area contributed by atoms with E-state index in [0.717, 1.165) is 6.20 Å². The average molecular weight is 425 g/mol. The Morgan fingerprint density at radius 1 is 1.20 bits per heavy atom. The Morgan fingerprint density at radius 2 is 2.00 bits per heavy atom. The van der Waals surface area contributed by atoms with Crippen molar-refractivity contribution < 1.29 is 27.4 Å². The summed E-state index contributed by atoms with van der Waals surface area (Å²) in [5, 5.41) is 0. The number of carbonyl (C=O) groups is 1. The first kappa shape index (κ1) is 20.1. The normalized spacial score (nSPS) is 19.9. The second-order valence-corrected chi connectivity index (χ2v) is 6.78. The number of aromatic nitrogens is 4. The fourth-order valence-corrected chi connectivity index (χ4v) is 3.25. The lowest BCUT2D eigenvalue weighted by Gasteiger charge is -2.33. The molecule has 2 aliphatic rings. The highest BCUT2D eigenvalue weighted by atomic mass is 19.4. The molecule has 0 spiro atoms. The number of morpholine rings is 1. The highest BCUT2D eigenvalue weighted by Gasteiger charge is 2.37. The van der Waals surface area contributed by atoms with E-state index >= 15 is 0 Å². The first-order chi connectivity index (χ1) is 14.2. The van der Waals surface area contributed by atoms with Gasteiger partial charge < -0.3 is 20.1 Å². The molecule has 13 heteroatoms. The number of alkyl halides is 3. The Kier molecular flexibility index (Phi) is 5.05. The summed E-state index contributed by atoms with van der Waals surface area (Å²) in [5.41, 5.74) is 3.70. The van der Waals surface area contributed by atoms with E-state index in [1.165, 1.54) is 11.0 Å². The van der Waals surface area contributed by atoms with Gasteiger partial charge in [-0.05, 0) is 6.92 Å². The number of rotatable bonds is 3. The van der Waals surface area contributed by atoms with E-state index in [9.17, 15) is 18.0 Å². The summed E-state index contributed by atoms with van der Waals surface area (Å²) in [6.07, 6.45) is -4.45. The number of nitrogens with two attached hydrogens (primary N) is 1. The zero-order valence-electron chi connectivity index (χ0n) is 15.9. The predicted molar refractivity (Wildman–Crippen MR) is 98.8 cm³/mol. The van der Waals surface area contributed by atoms with Crippen LogP contribution >= 0.6 is 0 Å². The van der Waals surface area contributed by atoms with Crippen molar-refractivity contribution in [3.05, 3.63) is 18.0 Å². The van der Waals surface area contributed by atoms with Gasteiger partial charge in [0.1, 0.15) is 12.4 Å². The molecule has 2 fully saturated rings. The van der Waals surface area contributed by atoms with Crippen LogP contribution < -0.4 is 15.5 Å². The minimum Gasteiger partial charge on any atom is -0.447 e. The molecule has 1 amide bonds. The molecule has 0 aromatic carbocycles. The highest BCUT2D eigenvalue weighted by Crippen LogP contribution is 2.36. The Hall–Kier alpha value is -3.22. The Bertz CT molecular complexity index is 972. The summed E-state index contributed by atoms with van der Waals surface area (Å²) in [6, 6.07) is 1.17. The lowest BCUT2D eigenvalue weighted by Crippen LogP contribution is -2.44. The first-order valence-electron chi connectivity index (χ1n) is 9.12. The zero-order valence-corrected chi connectivity index (χ0v) is 15.9. The summed E-state index contributed by atoms with van der Waals surface area (Å²) >= 11 is 0. The molecule has 2 saturated heterocycles. The van der Waals surface area contributed by atoms with Gasteiger partial charge in [0.05, 0.1) is 31.5 Å². The van der Waals surface area contributed by atoms with Crippen LogP contribution in [0.5, 0.6) is 0 Å². The van der Waals surface area contributed by atoms with Gasteiger partial charge in [-0.2, -0.15) is 18.2 Å². The third-order valence-corrected chi connectivity index (χ3v) is 4.71. The minimum absolute atomic E-state index is 0.0827. The van der Waals surface area contributed by atoms with E-state index < -0.39 is 23.9 Å². The summed E-state index contributed by atoms with van der Waals surface area (Å²) < 4.78 is 51.1. The van der Waals surface area contributed by atoms with Gasteiger partial charge in [-0.25, -0.2) is 19.7 Å². The van der Waals surface area contributed by atoms with E-state index in [-0.39, 0.29) is 42.2 Å². The minimum atomic E-state index is -4.78. The number of hydrogen-bond acceptors (Lipinski definition) is 9. The van der Waals surface area contributed by atoms with Gasteiger partial charge in [0.15, 0.2) is 5.69 Å². The molecule has 0 saturated carbocycles. The first-order valence-corrected chi connectivity index (χ1v) is 9.12. The number of hydrogen-bond donors (Lipinski definition) is 1. The molecule has 0 radical (unpaired) electrons. The Labute approximate surface area is 168 Å². The lowest BCUT2D eigenvalue weighted by molar-refractivity contribution is -0.140. The average Bonchev–Trinajstić information content (AvgIpc) is 3.13. The van der Waals surface area contributed by atoms with Crippen LogP contribution in [-0.2, 0) is 15.7 Å². The molecule has 4 rings (SSSR count). The molecule has 10 nitrogen and oxygen atoms in total. The van der Waals surface area contributed by atoms with Gasteiger partial charge in [-0.1, -0.05) is 0 Å². The quantitative estimate of drug-likeness (QED) is 0.784. The number of nitrogen functional groups attached to an aromatic ring is 1. The molecule has 2 aromatic heterocycles. The van der Waals surface area contributed by atoms with Crippen molar-refractivity contribution in [2.24, 2.45) is 0 Å². The SMILES string of the molecule is C[C@H]1COCCN1c1nc(-c2cnc(N)nc2C(F)(F)F)cc(N2CCOC2=O)n1. The molecule has 4 heterocycles. The maximum atomic E-state index is 13.6.